The lowest BCUT2D eigenvalue weighted by Gasteiger charge is -2.10. The molecular weight excluding hydrogens is 328 g/mol. The predicted octanol–water partition coefficient (Wildman–Crippen LogP) is 3.00. The molecule has 0 aliphatic heterocycles. The molecule has 7 heteroatoms. The summed E-state index contributed by atoms with van der Waals surface area (Å²) in [6.07, 6.45) is 4.81. The summed E-state index contributed by atoms with van der Waals surface area (Å²) in [4.78, 5) is 26.5. The standard InChI is InChI=1S/C19H12N6O/c20-9-12-7-14(11-21-10-12)13-3-1-4-15(8-13)23-18-16-5-2-6-22-17(16)24-19(26)25-18/h1-8,10-11H,(H2,22,23,24,25,26). The highest BCUT2D eigenvalue weighted by atomic mass is 16.1. The molecule has 4 rings (SSSR count). The predicted molar refractivity (Wildman–Crippen MR) is 97.8 cm³/mol. The fourth-order valence-corrected chi connectivity index (χ4v) is 2.66. The second kappa shape index (κ2) is 6.45. The third-order valence-electron chi connectivity index (χ3n) is 3.83. The molecule has 0 saturated heterocycles. The van der Waals surface area contributed by atoms with Crippen LogP contribution >= 0.6 is 0 Å². The molecule has 0 saturated carbocycles. The van der Waals surface area contributed by atoms with Crippen LogP contribution in [0, 0.1) is 11.3 Å². The largest absolute Gasteiger partial charge is 0.348 e. The SMILES string of the molecule is N#Cc1cncc(-c2cccc(Nc3[nH]c(=O)nc4ncccc34)c2)c1. The van der Waals surface area contributed by atoms with E-state index in [0.29, 0.717) is 22.4 Å². The summed E-state index contributed by atoms with van der Waals surface area (Å²) in [5.74, 6) is 0.522. The van der Waals surface area contributed by atoms with E-state index < -0.39 is 5.69 Å². The first-order valence-electron chi connectivity index (χ1n) is 7.80. The van der Waals surface area contributed by atoms with Gasteiger partial charge in [0.25, 0.3) is 0 Å². The van der Waals surface area contributed by atoms with E-state index in [1.54, 1.807) is 24.5 Å². The lowest BCUT2D eigenvalue weighted by atomic mass is 10.1. The zero-order valence-corrected chi connectivity index (χ0v) is 13.5. The van der Waals surface area contributed by atoms with Crippen LogP contribution < -0.4 is 11.0 Å². The summed E-state index contributed by atoms with van der Waals surface area (Å²) in [5.41, 5.74) is 2.91. The quantitative estimate of drug-likeness (QED) is 0.593. The number of rotatable bonds is 3. The van der Waals surface area contributed by atoms with Gasteiger partial charge in [0.2, 0.25) is 0 Å². The normalized spacial score (nSPS) is 10.4. The number of aromatic nitrogens is 4. The van der Waals surface area contributed by atoms with E-state index in [4.69, 9.17) is 5.26 Å². The van der Waals surface area contributed by atoms with Gasteiger partial charge in [-0.25, -0.2) is 9.78 Å². The first-order chi connectivity index (χ1) is 12.7. The lowest BCUT2D eigenvalue weighted by molar-refractivity contribution is 1.10. The van der Waals surface area contributed by atoms with Crippen molar-refractivity contribution in [2.24, 2.45) is 0 Å². The average molecular weight is 340 g/mol. The Balaban J connectivity index is 1.75. The molecule has 26 heavy (non-hydrogen) atoms. The molecule has 124 valence electrons. The van der Waals surface area contributed by atoms with Crippen molar-refractivity contribution in [2.75, 3.05) is 5.32 Å². The number of nitriles is 1. The second-order valence-electron chi connectivity index (χ2n) is 5.57. The number of nitrogens with zero attached hydrogens (tertiary/aromatic N) is 4. The molecule has 0 fully saturated rings. The average Bonchev–Trinajstić information content (AvgIpc) is 2.68. The maximum atomic E-state index is 11.8. The summed E-state index contributed by atoms with van der Waals surface area (Å²) in [7, 11) is 0. The molecule has 0 amide bonds. The van der Waals surface area contributed by atoms with Crippen LogP contribution in [0.4, 0.5) is 11.5 Å². The van der Waals surface area contributed by atoms with Gasteiger partial charge in [-0.2, -0.15) is 10.2 Å². The number of nitrogens with one attached hydrogen (secondary N) is 2. The maximum absolute atomic E-state index is 11.8. The van der Waals surface area contributed by atoms with E-state index in [-0.39, 0.29) is 0 Å². The van der Waals surface area contributed by atoms with Crippen molar-refractivity contribution in [3.05, 3.63) is 77.1 Å². The summed E-state index contributed by atoms with van der Waals surface area (Å²) in [6, 6.07) is 15.1. The minimum Gasteiger partial charge on any atom is -0.341 e. The minimum absolute atomic E-state index is 0.376. The summed E-state index contributed by atoms with van der Waals surface area (Å²) in [5, 5.41) is 13.0. The Labute approximate surface area is 148 Å². The van der Waals surface area contributed by atoms with Gasteiger partial charge in [-0.15, -0.1) is 0 Å². The Morgan fingerprint density at radius 3 is 2.88 bits per heavy atom. The van der Waals surface area contributed by atoms with E-state index in [0.717, 1.165) is 16.8 Å². The van der Waals surface area contributed by atoms with Crippen molar-refractivity contribution >= 4 is 22.5 Å². The number of H-pyrrole nitrogens is 1. The Morgan fingerprint density at radius 2 is 2.00 bits per heavy atom. The first kappa shape index (κ1) is 15.5. The van der Waals surface area contributed by atoms with Crippen molar-refractivity contribution in [1.29, 1.82) is 5.26 Å². The van der Waals surface area contributed by atoms with E-state index >= 15 is 0 Å². The molecule has 4 aromatic rings. The Hall–Kier alpha value is -4.05. The third-order valence-corrected chi connectivity index (χ3v) is 3.83. The van der Waals surface area contributed by atoms with Crippen LogP contribution in [0.1, 0.15) is 5.56 Å². The van der Waals surface area contributed by atoms with Gasteiger partial charge in [-0.1, -0.05) is 12.1 Å². The van der Waals surface area contributed by atoms with Gasteiger partial charge in [0.15, 0.2) is 5.65 Å². The minimum atomic E-state index is -0.472. The van der Waals surface area contributed by atoms with Crippen LogP contribution in [0.5, 0.6) is 0 Å². The topological polar surface area (TPSA) is 107 Å². The molecule has 0 aliphatic carbocycles. The molecule has 1 aromatic carbocycles. The van der Waals surface area contributed by atoms with Gasteiger partial charge < -0.3 is 5.32 Å². The van der Waals surface area contributed by atoms with Gasteiger partial charge in [0, 0.05) is 29.8 Å². The zero-order chi connectivity index (χ0) is 17.9. The van der Waals surface area contributed by atoms with Crippen LogP contribution in [0.25, 0.3) is 22.2 Å². The molecular formula is C19H12N6O. The highest BCUT2D eigenvalue weighted by molar-refractivity contribution is 5.88. The van der Waals surface area contributed by atoms with Gasteiger partial charge in [0.05, 0.1) is 10.9 Å². The number of anilines is 2. The molecule has 0 radical (unpaired) electrons. The number of benzene rings is 1. The lowest BCUT2D eigenvalue weighted by Crippen LogP contribution is -2.13. The maximum Gasteiger partial charge on any atom is 0.348 e. The Bertz CT molecular complexity index is 1210. The summed E-state index contributed by atoms with van der Waals surface area (Å²) >= 11 is 0. The fourth-order valence-electron chi connectivity index (χ4n) is 2.66. The van der Waals surface area contributed by atoms with E-state index in [9.17, 15) is 4.79 Å². The number of hydrogen-bond donors (Lipinski definition) is 2. The molecule has 2 N–H and O–H groups in total. The van der Waals surface area contributed by atoms with Gasteiger partial charge >= 0.3 is 5.69 Å². The molecule has 3 aromatic heterocycles. The van der Waals surface area contributed by atoms with Crippen molar-refractivity contribution in [3.8, 4) is 17.2 Å². The second-order valence-corrected chi connectivity index (χ2v) is 5.57. The number of hydrogen-bond acceptors (Lipinski definition) is 6. The number of pyridine rings is 2. The van der Waals surface area contributed by atoms with Gasteiger partial charge in [-0.3, -0.25) is 9.97 Å². The molecule has 0 unspecified atom stereocenters. The monoisotopic (exact) mass is 340 g/mol. The molecule has 3 heterocycles. The van der Waals surface area contributed by atoms with Crippen LogP contribution in [0.3, 0.4) is 0 Å². The molecule has 0 aliphatic rings. The molecule has 7 nitrogen and oxygen atoms in total. The third kappa shape index (κ3) is 2.99. The smallest absolute Gasteiger partial charge is 0.341 e. The Kier molecular flexibility index (Phi) is 3.84. The van der Waals surface area contributed by atoms with Crippen LogP contribution in [-0.2, 0) is 0 Å². The van der Waals surface area contributed by atoms with E-state index in [1.807, 2.05) is 30.3 Å². The highest BCUT2D eigenvalue weighted by Crippen LogP contribution is 2.26. The number of fused-ring (bicyclic) bond motifs is 1. The molecule has 0 spiro atoms. The van der Waals surface area contributed by atoms with Gasteiger partial charge in [-0.05, 0) is 35.9 Å². The fraction of sp³-hybridized carbons (Fsp3) is 0. The van der Waals surface area contributed by atoms with Crippen LogP contribution in [-0.4, -0.2) is 19.9 Å². The first-order valence-corrected chi connectivity index (χ1v) is 7.80. The zero-order valence-electron chi connectivity index (χ0n) is 13.5. The van der Waals surface area contributed by atoms with Crippen molar-refractivity contribution < 1.29 is 0 Å². The summed E-state index contributed by atoms with van der Waals surface area (Å²) < 4.78 is 0. The summed E-state index contributed by atoms with van der Waals surface area (Å²) in [6.45, 7) is 0. The molecule has 0 atom stereocenters. The van der Waals surface area contributed by atoms with Gasteiger partial charge in [0.1, 0.15) is 11.9 Å². The highest BCUT2D eigenvalue weighted by Gasteiger charge is 2.07. The van der Waals surface area contributed by atoms with E-state index in [1.165, 1.54) is 6.20 Å². The van der Waals surface area contributed by atoms with Crippen molar-refractivity contribution in [2.45, 2.75) is 0 Å². The van der Waals surface area contributed by atoms with Crippen molar-refractivity contribution in [3.63, 3.8) is 0 Å². The number of aromatic amines is 1. The molecule has 0 bridgehead atoms. The van der Waals surface area contributed by atoms with Crippen LogP contribution in [0.15, 0.2) is 65.8 Å². The van der Waals surface area contributed by atoms with E-state index in [2.05, 4.69) is 31.3 Å². The van der Waals surface area contributed by atoms with Crippen LogP contribution in [0.2, 0.25) is 0 Å². The van der Waals surface area contributed by atoms with Crippen molar-refractivity contribution in [1.82, 2.24) is 19.9 Å². The Morgan fingerprint density at radius 1 is 1.08 bits per heavy atom.